The second-order valence-corrected chi connectivity index (χ2v) is 3.99. The van der Waals surface area contributed by atoms with Gasteiger partial charge in [-0.3, -0.25) is 4.79 Å². The van der Waals surface area contributed by atoms with E-state index in [0.29, 0.717) is 18.4 Å². The molecule has 0 aromatic carbocycles. The van der Waals surface area contributed by atoms with E-state index in [0.717, 1.165) is 6.42 Å². The van der Waals surface area contributed by atoms with Crippen molar-refractivity contribution in [1.29, 1.82) is 5.26 Å². The normalized spacial score (nSPS) is 26.4. The zero-order valence-electron chi connectivity index (χ0n) is 8.92. The fourth-order valence-electron chi connectivity index (χ4n) is 1.73. The number of carbonyl (C=O) groups is 1. The third-order valence-electron chi connectivity index (χ3n) is 2.79. The number of rotatable bonds is 5. The van der Waals surface area contributed by atoms with Gasteiger partial charge in [0.2, 0.25) is 5.91 Å². The monoisotopic (exact) mass is 194 g/mol. The molecule has 3 unspecified atom stereocenters. The van der Waals surface area contributed by atoms with E-state index in [1.165, 1.54) is 12.8 Å². The lowest BCUT2D eigenvalue weighted by Crippen LogP contribution is -2.32. The van der Waals surface area contributed by atoms with E-state index in [4.69, 9.17) is 5.26 Å². The molecule has 1 aliphatic rings. The Kier molecular flexibility index (Phi) is 3.94. The van der Waals surface area contributed by atoms with Gasteiger partial charge in [0, 0.05) is 6.04 Å². The van der Waals surface area contributed by atoms with Crippen LogP contribution in [0.15, 0.2) is 0 Å². The van der Waals surface area contributed by atoms with Gasteiger partial charge in [-0.1, -0.05) is 20.3 Å². The van der Waals surface area contributed by atoms with E-state index in [9.17, 15) is 4.79 Å². The van der Waals surface area contributed by atoms with Gasteiger partial charge in [-0.15, -0.1) is 0 Å². The molecule has 0 bridgehead atoms. The summed E-state index contributed by atoms with van der Waals surface area (Å²) in [5, 5.41) is 11.6. The van der Waals surface area contributed by atoms with Crippen molar-refractivity contribution in [3.63, 3.8) is 0 Å². The van der Waals surface area contributed by atoms with Gasteiger partial charge in [-0.05, 0) is 25.2 Å². The molecule has 1 fully saturated rings. The van der Waals surface area contributed by atoms with Crippen LogP contribution in [0, 0.1) is 23.2 Å². The Hall–Kier alpha value is -1.04. The number of amides is 1. The molecule has 1 amide bonds. The maximum atomic E-state index is 11.5. The maximum absolute atomic E-state index is 11.5. The molecule has 0 saturated heterocycles. The van der Waals surface area contributed by atoms with Crippen LogP contribution in [-0.2, 0) is 4.79 Å². The van der Waals surface area contributed by atoms with Crippen molar-refractivity contribution in [2.75, 3.05) is 0 Å². The summed E-state index contributed by atoms with van der Waals surface area (Å²) in [6, 6.07) is 2.37. The minimum absolute atomic E-state index is 0.0846. The molecule has 1 saturated carbocycles. The molecule has 78 valence electrons. The summed E-state index contributed by atoms with van der Waals surface area (Å²) in [5.74, 6) is 0.122. The van der Waals surface area contributed by atoms with Crippen molar-refractivity contribution in [1.82, 2.24) is 5.32 Å². The van der Waals surface area contributed by atoms with Crippen LogP contribution in [0.5, 0.6) is 0 Å². The summed E-state index contributed by atoms with van der Waals surface area (Å²) in [5.41, 5.74) is 0. The highest BCUT2D eigenvalue weighted by Crippen LogP contribution is 2.34. The molecule has 0 spiro atoms. The molecule has 3 atom stereocenters. The van der Waals surface area contributed by atoms with Gasteiger partial charge in [0.1, 0.15) is 5.92 Å². The number of carbonyl (C=O) groups excluding carboxylic acids is 1. The van der Waals surface area contributed by atoms with Gasteiger partial charge in [0.05, 0.1) is 6.07 Å². The van der Waals surface area contributed by atoms with Gasteiger partial charge in [-0.2, -0.15) is 5.26 Å². The van der Waals surface area contributed by atoms with Crippen LogP contribution in [-0.4, -0.2) is 11.9 Å². The molecule has 1 aliphatic carbocycles. The molecule has 3 heteroatoms. The van der Waals surface area contributed by atoms with Crippen LogP contribution < -0.4 is 5.32 Å². The predicted octanol–water partition coefficient (Wildman–Crippen LogP) is 1.84. The summed E-state index contributed by atoms with van der Waals surface area (Å²) in [6.07, 6.45) is 4.07. The lowest BCUT2D eigenvalue weighted by atomic mass is 10.1. The van der Waals surface area contributed by atoms with Crippen LogP contribution in [0.25, 0.3) is 0 Å². The maximum Gasteiger partial charge on any atom is 0.237 e. The molecule has 0 heterocycles. The summed E-state index contributed by atoms with van der Waals surface area (Å²) < 4.78 is 0. The van der Waals surface area contributed by atoms with Crippen LogP contribution in [0.1, 0.15) is 39.5 Å². The summed E-state index contributed by atoms with van der Waals surface area (Å²) in [6.45, 7) is 4.02. The zero-order chi connectivity index (χ0) is 10.6. The van der Waals surface area contributed by atoms with Crippen molar-refractivity contribution >= 4 is 5.91 Å². The topological polar surface area (TPSA) is 52.9 Å². The molecule has 0 aromatic heterocycles. The second-order valence-electron chi connectivity index (χ2n) is 3.99. The van der Waals surface area contributed by atoms with E-state index in [2.05, 4.69) is 12.2 Å². The lowest BCUT2D eigenvalue weighted by molar-refractivity contribution is -0.123. The first-order valence-electron chi connectivity index (χ1n) is 5.42. The Labute approximate surface area is 85.5 Å². The largest absolute Gasteiger partial charge is 0.352 e. The second kappa shape index (κ2) is 4.99. The van der Waals surface area contributed by atoms with E-state index in [1.807, 2.05) is 13.0 Å². The SMILES string of the molecule is CCCC1CC1NC(=O)C(C#N)CC. The van der Waals surface area contributed by atoms with Crippen molar-refractivity contribution in [3.05, 3.63) is 0 Å². The summed E-state index contributed by atoms with van der Waals surface area (Å²) in [4.78, 5) is 11.5. The van der Waals surface area contributed by atoms with E-state index in [-0.39, 0.29) is 5.91 Å². The molecular weight excluding hydrogens is 176 g/mol. The Bertz CT molecular complexity index is 244. The number of nitriles is 1. The molecule has 0 aliphatic heterocycles. The van der Waals surface area contributed by atoms with E-state index in [1.54, 1.807) is 0 Å². The Morgan fingerprint density at radius 3 is 2.86 bits per heavy atom. The first-order valence-corrected chi connectivity index (χ1v) is 5.42. The number of nitrogens with zero attached hydrogens (tertiary/aromatic N) is 1. The molecule has 1 rings (SSSR count). The Morgan fingerprint density at radius 2 is 2.36 bits per heavy atom. The highest BCUT2D eigenvalue weighted by Gasteiger charge is 2.38. The number of nitrogens with one attached hydrogen (secondary N) is 1. The molecular formula is C11H18N2O. The van der Waals surface area contributed by atoms with Gasteiger partial charge in [-0.25, -0.2) is 0 Å². The third-order valence-corrected chi connectivity index (χ3v) is 2.79. The fourth-order valence-corrected chi connectivity index (χ4v) is 1.73. The summed E-state index contributed by atoms with van der Waals surface area (Å²) >= 11 is 0. The first-order chi connectivity index (χ1) is 6.72. The molecule has 0 radical (unpaired) electrons. The lowest BCUT2D eigenvalue weighted by Gasteiger charge is -2.07. The van der Waals surface area contributed by atoms with Gasteiger partial charge in [0.25, 0.3) is 0 Å². The zero-order valence-corrected chi connectivity index (χ0v) is 8.92. The molecule has 1 N–H and O–H groups in total. The van der Waals surface area contributed by atoms with Crippen molar-refractivity contribution < 1.29 is 4.79 Å². The summed E-state index contributed by atoms with van der Waals surface area (Å²) in [7, 11) is 0. The Balaban J connectivity index is 2.26. The smallest absolute Gasteiger partial charge is 0.237 e. The van der Waals surface area contributed by atoms with Crippen molar-refractivity contribution in [3.8, 4) is 6.07 Å². The number of hydrogen-bond donors (Lipinski definition) is 1. The molecule has 14 heavy (non-hydrogen) atoms. The molecule has 3 nitrogen and oxygen atoms in total. The third kappa shape index (κ3) is 2.73. The van der Waals surface area contributed by atoms with Crippen LogP contribution in [0.3, 0.4) is 0 Å². The van der Waals surface area contributed by atoms with Crippen molar-refractivity contribution in [2.24, 2.45) is 11.8 Å². The molecule has 0 aromatic rings. The van der Waals surface area contributed by atoms with Crippen LogP contribution in [0.4, 0.5) is 0 Å². The average Bonchev–Trinajstić information content (AvgIpc) is 2.86. The average molecular weight is 194 g/mol. The highest BCUT2D eigenvalue weighted by atomic mass is 16.2. The Morgan fingerprint density at radius 1 is 1.64 bits per heavy atom. The van der Waals surface area contributed by atoms with Gasteiger partial charge >= 0.3 is 0 Å². The van der Waals surface area contributed by atoms with Crippen LogP contribution in [0.2, 0.25) is 0 Å². The minimum Gasteiger partial charge on any atom is -0.352 e. The first kappa shape index (κ1) is 11.0. The minimum atomic E-state index is -0.460. The standard InChI is InChI=1S/C11H18N2O/c1-3-5-9-6-10(9)13-11(14)8(4-2)7-12/h8-10H,3-6H2,1-2H3,(H,13,14). The fraction of sp³-hybridized carbons (Fsp3) is 0.818. The van der Waals surface area contributed by atoms with E-state index < -0.39 is 5.92 Å². The highest BCUT2D eigenvalue weighted by molar-refractivity contribution is 5.81. The van der Waals surface area contributed by atoms with Gasteiger partial charge < -0.3 is 5.32 Å². The quantitative estimate of drug-likeness (QED) is 0.726. The van der Waals surface area contributed by atoms with Gasteiger partial charge in [0.15, 0.2) is 0 Å². The number of hydrogen-bond acceptors (Lipinski definition) is 2. The van der Waals surface area contributed by atoms with Crippen molar-refractivity contribution in [2.45, 2.75) is 45.6 Å². The van der Waals surface area contributed by atoms with Crippen LogP contribution >= 0.6 is 0 Å². The van der Waals surface area contributed by atoms with E-state index >= 15 is 0 Å². The predicted molar refractivity (Wildman–Crippen MR) is 54.3 cm³/mol.